The second-order valence-electron chi connectivity index (χ2n) is 14.9. The number of halogens is 8. The van der Waals surface area contributed by atoms with E-state index >= 15 is 8.78 Å². The number of aromatic nitrogens is 5. The van der Waals surface area contributed by atoms with Crippen LogP contribution in [-0.4, -0.2) is 62.9 Å². The van der Waals surface area contributed by atoms with Gasteiger partial charge in [0.15, 0.2) is 23.0 Å². The molecule has 2 aromatic carbocycles. The predicted molar refractivity (Wildman–Crippen MR) is 200 cm³/mol. The van der Waals surface area contributed by atoms with Gasteiger partial charge >= 0.3 is 6.18 Å². The summed E-state index contributed by atoms with van der Waals surface area (Å²) < 4.78 is 136. The zero-order valence-electron chi connectivity index (χ0n) is 31.6. The molecule has 312 valence electrons. The smallest absolute Gasteiger partial charge is 0.435 e. The Morgan fingerprint density at radius 1 is 1.12 bits per heavy atom. The van der Waals surface area contributed by atoms with Crippen molar-refractivity contribution >= 4 is 44.3 Å². The lowest BCUT2D eigenvalue weighted by molar-refractivity contribution is -0.142. The third-order valence-corrected chi connectivity index (χ3v) is 10.6. The van der Waals surface area contributed by atoms with Crippen LogP contribution in [0.1, 0.15) is 66.1 Å². The molecule has 12 nitrogen and oxygen atoms in total. The molecule has 0 aliphatic heterocycles. The van der Waals surface area contributed by atoms with Crippen molar-refractivity contribution in [2.45, 2.75) is 62.9 Å². The Morgan fingerprint density at radius 2 is 1.80 bits per heavy atom. The number of carbonyl (C=O) groups excluding carboxylic acids is 1. The van der Waals surface area contributed by atoms with E-state index in [4.69, 9.17) is 21.3 Å². The molecule has 1 fully saturated rings. The number of sulfonamides is 1. The number of carbonyl (C=O) groups is 1. The van der Waals surface area contributed by atoms with Gasteiger partial charge in [0.25, 0.3) is 5.92 Å². The minimum Gasteiger partial charge on any atom is -0.494 e. The number of nitrogens with zero attached hydrogens (tertiary/aromatic N) is 5. The Hall–Kier alpha value is -5.39. The summed E-state index contributed by atoms with van der Waals surface area (Å²) in [5, 5.41) is 21.0. The zero-order valence-corrected chi connectivity index (χ0v) is 33.1. The fraction of sp³-hybridized carbons (Fsp3) is 0.368. The molecule has 0 saturated heterocycles. The maximum atomic E-state index is 15.4. The first-order chi connectivity index (χ1) is 27.4. The summed E-state index contributed by atoms with van der Waals surface area (Å²) in [7, 11) is -1.11. The molecule has 7 rings (SSSR count). The molecule has 21 heteroatoms. The van der Waals surface area contributed by atoms with Crippen molar-refractivity contribution in [1.29, 1.82) is 0 Å². The molecule has 3 heterocycles. The van der Waals surface area contributed by atoms with Crippen LogP contribution in [0.25, 0.3) is 22.0 Å². The summed E-state index contributed by atoms with van der Waals surface area (Å²) in [6.45, 7) is 1.66. The molecule has 5 aromatic rings. The highest BCUT2D eigenvalue weighted by atomic mass is 35.5. The molecule has 3 N–H and O–H groups in total. The van der Waals surface area contributed by atoms with Crippen molar-refractivity contribution in [2.24, 2.45) is 13.0 Å². The zero-order chi connectivity index (χ0) is 43.1. The molecule has 3 atom stereocenters. The highest BCUT2D eigenvalue weighted by Gasteiger charge is 2.68. The molecule has 0 unspecified atom stereocenters. The van der Waals surface area contributed by atoms with Gasteiger partial charge in [-0.05, 0) is 68.4 Å². The molecule has 2 aliphatic rings. The topological polar surface area (TPSA) is 153 Å². The molecule has 2 aliphatic carbocycles. The van der Waals surface area contributed by atoms with Crippen molar-refractivity contribution < 1.29 is 53.8 Å². The van der Waals surface area contributed by atoms with Crippen molar-refractivity contribution in [3.8, 4) is 28.7 Å². The van der Waals surface area contributed by atoms with Crippen LogP contribution in [0, 0.1) is 29.4 Å². The van der Waals surface area contributed by atoms with Crippen LogP contribution in [0.4, 0.5) is 36.6 Å². The van der Waals surface area contributed by atoms with E-state index in [-0.39, 0.29) is 62.0 Å². The SMILES string of the molecule is COc1cc(-c2ccc(Cl)c3c(NS(C)(=O)=O)nn(C)c23)c([C@H](Cc2cc(F)cc(F)c2)NC(=O)Cn2nc(C(F)(F)F)c3c2C(F)(F)[C@@H]2C[C@H]32)nc1C#CC(C)(C)O. The van der Waals surface area contributed by atoms with Gasteiger partial charge in [-0.1, -0.05) is 23.6 Å². The van der Waals surface area contributed by atoms with Gasteiger partial charge in [0.2, 0.25) is 15.9 Å². The lowest BCUT2D eigenvalue weighted by Gasteiger charge is -2.24. The number of anilines is 1. The van der Waals surface area contributed by atoms with Crippen molar-refractivity contribution in [1.82, 2.24) is 29.9 Å². The lowest BCUT2D eigenvalue weighted by atomic mass is 9.93. The van der Waals surface area contributed by atoms with Crippen molar-refractivity contribution in [3.63, 3.8) is 0 Å². The number of alkyl halides is 5. The molecule has 3 aromatic heterocycles. The van der Waals surface area contributed by atoms with Gasteiger partial charge in [0, 0.05) is 35.7 Å². The summed E-state index contributed by atoms with van der Waals surface area (Å²) in [5.74, 6) is -4.06. The monoisotopic (exact) mass is 867 g/mol. The summed E-state index contributed by atoms with van der Waals surface area (Å²) in [6, 6.07) is 5.45. The number of pyridine rings is 1. The average molecular weight is 868 g/mol. The molecule has 0 radical (unpaired) electrons. The minimum absolute atomic E-state index is 0.0229. The van der Waals surface area contributed by atoms with E-state index in [0.717, 1.165) is 18.4 Å². The second-order valence-corrected chi connectivity index (χ2v) is 17.0. The largest absolute Gasteiger partial charge is 0.494 e. The fourth-order valence-electron chi connectivity index (χ4n) is 7.44. The highest BCUT2D eigenvalue weighted by Crippen LogP contribution is 2.68. The van der Waals surface area contributed by atoms with Crippen LogP contribution < -0.4 is 14.8 Å². The van der Waals surface area contributed by atoms with Crippen LogP contribution >= 0.6 is 11.6 Å². The molecule has 1 saturated carbocycles. The first-order valence-electron chi connectivity index (χ1n) is 17.6. The minimum atomic E-state index is -5.10. The number of hydrogen-bond donors (Lipinski definition) is 3. The number of rotatable bonds is 10. The Bertz CT molecular complexity index is 2720. The number of benzene rings is 2. The lowest BCUT2D eigenvalue weighted by Crippen LogP contribution is -2.35. The first-order valence-corrected chi connectivity index (χ1v) is 19.9. The van der Waals surface area contributed by atoms with E-state index < -0.39 is 93.1 Å². The number of aliphatic hydroxyl groups is 1. The van der Waals surface area contributed by atoms with Gasteiger partial charge in [-0.2, -0.15) is 32.1 Å². The average Bonchev–Trinajstić information content (AvgIpc) is 3.64. The van der Waals surface area contributed by atoms with Gasteiger partial charge < -0.3 is 15.2 Å². The molecule has 0 bridgehead atoms. The number of aryl methyl sites for hydroxylation is 1. The third-order valence-electron chi connectivity index (χ3n) is 9.75. The van der Waals surface area contributed by atoms with Crippen LogP contribution in [0.2, 0.25) is 5.02 Å². The quantitative estimate of drug-likeness (QED) is 0.105. The van der Waals surface area contributed by atoms with Crippen molar-refractivity contribution in [3.05, 3.63) is 87.0 Å². The summed E-state index contributed by atoms with van der Waals surface area (Å²) >= 11 is 6.59. The van der Waals surface area contributed by atoms with Crippen LogP contribution in [-0.2, 0) is 46.9 Å². The van der Waals surface area contributed by atoms with Crippen LogP contribution in [0.5, 0.6) is 5.75 Å². The summed E-state index contributed by atoms with van der Waals surface area (Å²) in [4.78, 5) is 18.7. The standard InChI is InChI=1S/C38H33ClF7N7O5S/c1-36(2,55)9-8-25-27(58-4)15-21(20-6-7-24(39)30-32(20)52(3)50-35(30)51-59(5,56)57)31(48-25)26(12-17-10-18(40)13-19(41)11-17)47-28(54)16-53-34-29(33(49-53)38(44,45)46)22-14-23(22)37(34,42)43/h6-7,10-11,13,15,22-23,26,55H,12,14,16H2,1-5H3,(H,47,54)(H,50,51)/t22-,23+,26-/m0/s1. The second kappa shape index (κ2) is 14.4. The van der Waals surface area contributed by atoms with Crippen LogP contribution in [0.3, 0.4) is 0 Å². The molecular formula is C38H33ClF7N7O5S. The number of fused-ring (bicyclic) bond motifs is 4. The Balaban J connectivity index is 1.43. The number of ether oxygens (including phenoxy) is 1. The Morgan fingerprint density at radius 3 is 2.41 bits per heavy atom. The van der Waals surface area contributed by atoms with E-state index in [9.17, 15) is 40.3 Å². The van der Waals surface area contributed by atoms with Gasteiger partial charge in [0.1, 0.15) is 29.5 Å². The maximum absolute atomic E-state index is 15.4. The van der Waals surface area contributed by atoms with E-state index in [2.05, 4.69) is 32.1 Å². The number of methoxy groups -OCH3 is 1. The Labute approximate surface area is 336 Å². The van der Waals surface area contributed by atoms with E-state index in [1.807, 2.05) is 0 Å². The number of hydrogen-bond acceptors (Lipinski definition) is 8. The maximum Gasteiger partial charge on any atom is 0.435 e. The van der Waals surface area contributed by atoms with E-state index in [0.29, 0.717) is 10.7 Å². The van der Waals surface area contributed by atoms with Gasteiger partial charge in [-0.15, -0.1) is 0 Å². The van der Waals surface area contributed by atoms with E-state index in [1.54, 1.807) is 0 Å². The van der Waals surface area contributed by atoms with E-state index in [1.165, 1.54) is 50.9 Å². The third kappa shape index (κ3) is 8.15. The molecule has 59 heavy (non-hydrogen) atoms. The number of amides is 1. The summed E-state index contributed by atoms with van der Waals surface area (Å²) in [6.07, 6.45) is -4.81. The predicted octanol–water partition coefficient (Wildman–Crippen LogP) is 6.59. The summed E-state index contributed by atoms with van der Waals surface area (Å²) in [5.41, 5.74) is -4.40. The van der Waals surface area contributed by atoms with Crippen molar-refractivity contribution in [2.75, 3.05) is 18.1 Å². The van der Waals surface area contributed by atoms with Gasteiger partial charge in [0.05, 0.1) is 41.0 Å². The molecule has 0 spiro atoms. The molecule has 1 amide bonds. The first kappa shape index (κ1) is 41.8. The molecular weight excluding hydrogens is 835 g/mol. The van der Waals surface area contributed by atoms with Gasteiger partial charge in [-0.25, -0.2) is 22.2 Å². The fourth-order valence-corrected chi connectivity index (χ4v) is 8.18. The van der Waals surface area contributed by atoms with Crippen LogP contribution in [0.15, 0.2) is 36.4 Å². The Kier molecular flexibility index (Phi) is 10.2. The normalized spacial score (nSPS) is 17.5. The van der Waals surface area contributed by atoms with Gasteiger partial charge in [-0.3, -0.25) is 18.9 Å². The highest BCUT2D eigenvalue weighted by molar-refractivity contribution is 7.92. The number of nitrogens with one attached hydrogen (secondary N) is 2.